The molecule has 0 unspecified atom stereocenters. The number of H-pyrrole nitrogens is 1. The maximum atomic E-state index is 14.5. The summed E-state index contributed by atoms with van der Waals surface area (Å²) in [6.45, 7) is 0. The highest BCUT2D eigenvalue weighted by molar-refractivity contribution is 6.10. The number of rotatable bonds is 4. The van der Waals surface area contributed by atoms with Crippen LogP contribution in [0.4, 0.5) is 19.0 Å². The molecule has 33 heavy (non-hydrogen) atoms. The SMILES string of the molecule is COc1ccccc1C(=O)N[C@]1(C(F)(F)F)C(=O)Nc2c1c(=O)[nH]c(=O)n2-c1ccccc1. The third-order valence-electron chi connectivity index (χ3n) is 5.15. The monoisotopic (exact) mass is 460 g/mol. The highest BCUT2D eigenvalue weighted by Gasteiger charge is 2.68. The minimum absolute atomic E-state index is 0.0471. The third-order valence-corrected chi connectivity index (χ3v) is 5.15. The number of carbonyl (C=O) groups excluding carboxylic acids is 2. The lowest BCUT2D eigenvalue weighted by Crippen LogP contribution is -2.62. The van der Waals surface area contributed by atoms with Gasteiger partial charge < -0.3 is 15.4 Å². The van der Waals surface area contributed by atoms with Crippen molar-refractivity contribution in [2.24, 2.45) is 0 Å². The quantitative estimate of drug-likeness (QED) is 0.547. The van der Waals surface area contributed by atoms with E-state index in [0.717, 1.165) is 4.57 Å². The second-order valence-electron chi connectivity index (χ2n) is 7.01. The van der Waals surface area contributed by atoms with Gasteiger partial charge in [-0.25, -0.2) is 9.36 Å². The van der Waals surface area contributed by atoms with Crippen molar-refractivity contribution in [3.63, 3.8) is 0 Å². The summed E-state index contributed by atoms with van der Waals surface area (Å²) in [6, 6.07) is 12.8. The number of hydrogen-bond donors (Lipinski definition) is 3. The second-order valence-corrected chi connectivity index (χ2v) is 7.01. The van der Waals surface area contributed by atoms with Crippen LogP contribution in [-0.2, 0) is 10.3 Å². The second kappa shape index (κ2) is 7.65. The number of carbonyl (C=O) groups is 2. The van der Waals surface area contributed by atoms with E-state index in [1.165, 1.54) is 55.6 Å². The summed E-state index contributed by atoms with van der Waals surface area (Å²) in [5, 5.41) is 3.64. The lowest BCUT2D eigenvalue weighted by Gasteiger charge is -2.30. The van der Waals surface area contributed by atoms with E-state index in [-0.39, 0.29) is 17.0 Å². The number of nitrogens with zero attached hydrogens (tertiary/aromatic N) is 1. The normalized spacial score (nSPS) is 17.3. The van der Waals surface area contributed by atoms with Crippen LogP contribution < -0.4 is 26.6 Å². The molecule has 1 atom stereocenters. The number of alkyl halides is 3. The standard InChI is InChI=1S/C21H15F3N4O5/c1-33-13-10-6-5-9-12(13)16(29)27-20(21(22,23)24)14-15(25-18(20)31)28(19(32)26-17(14)30)11-7-3-2-4-8-11/h2-10H,1H3,(H,25,31)(H,27,29)(H,26,30,32)/t20-/m0/s1. The van der Waals surface area contributed by atoms with Crippen molar-refractivity contribution in [3.8, 4) is 11.4 Å². The van der Waals surface area contributed by atoms with Gasteiger partial charge in [-0.1, -0.05) is 30.3 Å². The molecule has 2 heterocycles. The highest BCUT2D eigenvalue weighted by Crippen LogP contribution is 2.45. The van der Waals surface area contributed by atoms with Gasteiger partial charge in [0.2, 0.25) is 0 Å². The summed E-state index contributed by atoms with van der Waals surface area (Å²) in [5.74, 6) is -3.80. The van der Waals surface area contributed by atoms with Gasteiger partial charge in [0, 0.05) is 0 Å². The highest BCUT2D eigenvalue weighted by atomic mass is 19.4. The number of halogens is 3. The van der Waals surface area contributed by atoms with Crippen molar-refractivity contribution in [1.29, 1.82) is 0 Å². The molecule has 4 rings (SSSR count). The zero-order chi connectivity index (χ0) is 24.0. The van der Waals surface area contributed by atoms with Crippen molar-refractivity contribution in [1.82, 2.24) is 14.9 Å². The number of anilines is 1. The molecule has 0 saturated carbocycles. The summed E-state index contributed by atoms with van der Waals surface area (Å²) in [4.78, 5) is 52.6. The first kappa shape index (κ1) is 21.9. The van der Waals surface area contributed by atoms with Crippen LogP contribution >= 0.6 is 0 Å². The molecule has 170 valence electrons. The van der Waals surface area contributed by atoms with E-state index in [0.29, 0.717) is 0 Å². The molecule has 9 nitrogen and oxygen atoms in total. The van der Waals surface area contributed by atoms with Gasteiger partial charge in [-0.3, -0.25) is 19.4 Å². The van der Waals surface area contributed by atoms with Gasteiger partial charge in [0.05, 0.1) is 18.4 Å². The first-order valence-corrected chi connectivity index (χ1v) is 9.40. The number of nitrogens with one attached hydrogen (secondary N) is 3. The topological polar surface area (TPSA) is 122 Å². The Hall–Kier alpha value is -4.35. The minimum atomic E-state index is -5.45. The molecule has 0 bridgehead atoms. The Balaban J connectivity index is 1.98. The Morgan fingerprint density at radius 2 is 1.67 bits per heavy atom. The molecular weight excluding hydrogens is 445 g/mol. The molecule has 1 aromatic heterocycles. The van der Waals surface area contributed by atoms with Crippen LogP contribution in [0.5, 0.6) is 5.75 Å². The van der Waals surface area contributed by atoms with Crippen LogP contribution in [0.3, 0.4) is 0 Å². The summed E-state index contributed by atoms with van der Waals surface area (Å²) in [7, 11) is 1.21. The maximum Gasteiger partial charge on any atom is 0.425 e. The molecule has 3 N–H and O–H groups in total. The van der Waals surface area contributed by atoms with Gasteiger partial charge in [-0.05, 0) is 24.3 Å². The zero-order valence-electron chi connectivity index (χ0n) is 16.8. The first-order chi connectivity index (χ1) is 15.6. The number of hydrogen-bond acceptors (Lipinski definition) is 5. The van der Waals surface area contributed by atoms with Crippen LogP contribution in [0, 0.1) is 0 Å². The predicted molar refractivity (Wildman–Crippen MR) is 109 cm³/mol. The van der Waals surface area contributed by atoms with Crippen LogP contribution in [0.2, 0.25) is 0 Å². The smallest absolute Gasteiger partial charge is 0.425 e. The number of aromatic nitrogens is 2. The zero-order valence-corrected chi connectivity index (χ0v) is 16.8. The lowest BCUT2D eigenvalue weighted by atomic mass is 9.91. The Morgan fingerprint density at radius 3 is 2.30 bits per heavy atom. The number of amides is 2. The Kier molecular flexibility index (Phi) is 5.07. The van der Waals surface area contributed by atoms with E-state index < -0.39 is 46.2 Å². The van der Waals surface area contributed by atoms with Crippen molar-refractivity contribution in [2.75, 3.05) is 12.4 Å². The van der Waals surface area contributed by atoms with Gasteiger partial charge in [0.25, 0.3) is 22.9 Å². The van der Waals surface area contributed by atoms with E-state index in [1.807, 2.05) is 5.32 Å². The Morgan fingerprint density at radius 1 is 1.03 bits per heavy atom. The summed E-state index contributed by atoms with van der Waals surface area (Å²) < 4.78 is 49.1. The molecule has 1 aliphatic rings. The van der Waals surface area contributed by atoms with Crippen molar-refractivity contribution >= 4 is 17.6 Å². The number of benzene rings is 2. The number of para-hydroxylation sites is 2. The molecule has 3 aromatic rings. The Bertz CT molecular complexity index is 1380. The van der Waals surface area contributed by atoms with E-state index in [2.05, 4.69) is 0 Å². The predicted octanol–water partition coefficient (Wildman–Crippen LogP) is 1.67. The number of aromatic amines is 1. The average Bonchev–Trinajstić information content (AvgIpc) is 3.07. The van der Waals surface area contributed by atoms with E-state index in [1.54, 1.807) is 16.4 Å². The van der Waals surface area contributed by atoms with Crippen LogP contribution in [-0.4, -0.2) is 34.7 Å². The van der Waals surface area contributed by atoms with E-state index in [9.17, 15) is 32.3 Å². The van der Waals surface area contributed by atoms with Crippen LogP contribution in [0.15, 0.2) is 64.2 Å². The molecular formula is C21H15F3N4O5. The first-order valence-electron chi connectivity index (χ1n) is 9.40. The molecule has 0 spiro atoms. The molecule has 0 radical (unpaired) electrons. The van der Waals surface area contributed by atoms with E-state index in [4.69, 9.17) is 4.74 Å². The summed E-state index contributed by atoms with van der Waals surface area (Å²) in [5.41, 5.74) is -7.68. The fourth-order valence-electron chi connectivity index (χ4n) is 3.67. The minimum Gasteiger partial charge on any atom is -0.496 e. The molecule has 2 amide bonds. The fourth-order valence-corrected chi connectivity index (χ4v) is 3.67. The third kappa shape index (κ3) is 3.26. The van der Waals surface area contributed by atoms with Gasteiger partial charge in [0.1, 0.15) is 17.1 Å². The van der Waals surface area contributed by atoms with E-state index >= 15 is 0 Å². The van der Waals surface area contributed by atoms with Crippen molar-refractivity contribution < 1.29 is 27.5 Å². The molecule has 2 aromatic carbocycles. The van der Waals surface area contributed by atoms with Crippen molar-refractivity contribution in [2.45, 2.75) is 11.7 Å². The lowest BCUT2D eigenvalue weighted by molar-refractivity contribution is -0.196. The summed E-state index contributed by atoms with van der Waals surface area (Å²) in [6.07, 6.45) is -5.45. The number of fused-ring (bicyclic) bond motifs is 1. The van der Waals surface area contributed by atoms with Crippen LogP contribution in [0.1, 0.15) is 15.9 Å². The molecule has 0 fully saturated rings. The van der Waals surface area contributed by atoms with Crippen LogP contribution in [0.25, 0.3) is 5.69 Å². The van der Waals surface area contributed by atoms with Gasteiger partial charge >= 0.3 is 11.9 Å². The largest absolute Gasteiger partial charge is 0.496 e. The summed E-state index contributed by atoms with van der Waals surface area (Å²) >= 11 is 0. The Labute approximate surface area is 182 Å². The molecule has 0 aliphatic carbocycles. The van der Waals surface area contributed by atoms with Gasteiger partial charge in [-0.15, -0.1) is 0 Å². The number of methoxy groups -OCH3 is 1. The van der Waals surface area contributed by atoms with Gasteiger partial charge in [-0.2, -0.15) is 13.2 Å². The van der Waals surface area contributed by atoms with Gasteiger partial charge in [0.15, 0.2) is 0 Å². The molecule has 0 saturated heterocycles. The molecule has 1 aliphatic heterocycles. The maximum absolute atomic E-state index is 14.5. The average molecular weight is 460 g/mol. The fraction of sp³-hybridized carbons (Fsp3) is 0.143. The molecule has 12 heteroatoms. The number of ether oxygens (including phenoxy) is 1. The van der Waals surface area contributed by atoms with Crippen molar-refractivity contribution in [3.05, 3.63) is 86.6 Å².